The highest BCUT2D eigenvalue weighted by atomic mass is 16.5. The summed E-state index contributed by atoms with van der Waals surface area (Å²) in [7, 11) is 0. The summed E-state index contributed by atoms with van der Waals surface area (Å²) < 4.78 is 5.90. The van der Waals surface area contributed by atoms with E-state index in [0.717, 1.165) is 45.3 Å². The van der Waals surface area contributed by atoms with Gasteiger partial charge in [-0.2, -0.15) is 0 Å². The molecule has 1 amide bonds. The van der Waals surface area contributed by atoms with Crippen molar-refractivity contribution in [2.75, 3.05) is 13.2 Å². The second kappa shape index (κ2) is 4.70. The molecule has 1 saturated heterocycles. The fraction of sp³-hybridized carbons (Fsp3) is 0.938. The van der Waals surface area contributed by atoms with Gasteiger partial charge in [0.1, 0.15) is 5.54 Å². The Kier molecular flexibility index (Phi) is 3.37. The van der Waals surface area contributed by atoms with Crippen molar-refractivity contribution in [2.45, 2.75) is 70.6 Å². The minimum atomic E-state index is -0.726. The van der Waals surface area contributed by atoms with Gasteiger partial charge in [-0.05, 0) is 32.1 Å². The molecule has 0 radical (unpaired) electrons. The number of hydrogen-bond donors (Lipinski definition) is 1. The van der Waals surface area contributed by atoms with Crippen molar-refractivity contribution < 1.29 is 9.53 Å². The largest absolute Gasteiger partial charge is 0.377 e. The van der Waals surface area contributed by atoms with Gasteiger partial charge in [-0.15, -0.1) is 0 Å². The quantitative estimate of drug-likeness (QED) is 0.856. The highest BCUT2D eigenvalue weighted by Gasteiger charge is 2.71. The van der Waals surface area contributed by atoms with E-state index in [-0.39, 0.29) is 23.3 Å². The Labute approximate surface area is 122 Å². The van der Waals surface area contributed by atoms with Crippen LogP contribution in [0.1, 0.15) is 52.9 Å². The molecule has 3 rings (SSSR count). The van der Waals surface area contributed by atoms with E-state index < -0.39 is 5.54 Å². The van der Waals surface area contributed by atoms with Crippen molar-refractivity contribution in [1.29, 1.82) is 0 Å². The Hall–Kier alpha value is -0.610. The molecule has 3 unspecified atom stereocenters. The number of rotatable bonds is 4. The Morgan fingerprint density at radius 1 is 1.35 bits per heavy atom. The van der Waals surface area contributed by atoms with E-state index in [4.69, 9.17) is 10.5 Å². The topological polar surface area (TPSA) is 55.6 Å². The van der Waals surface area contributed by atoms with Crippen molar-refractivity contribution in [3.8, 4) is 0 Å². The summed E-state index contributed by atoms with van der Waals surface area (Å²) in [4.78, 5) is 15.2. The molecule has 4 nitrogen and oxygen atoms in total. The number of nitrogens with two attached hydrogens (primary N) is 1. The van der Waals surface area contributed by atoms with Gasteiger partial charge >= 0.3 is 0 Å². The zero-order valence-electron chi connectivity index (χ0n) is 13.0. The van der Waals surface area contributed by atoms with E-state index in [0.29, 0.717) is 6.04 Å². The molecule has 0 aromatic carbocycles. The zero-order chi connectivity index (χ0) is 14.5. The highest BCUT2D eigenvalue weighted by molar-refractivity contribution is 5.90. The van der Waals surface area contributed by atoms with Gasteiger partial charge in [-0.1, -0.05) is 20.8 Å². The van der Waals surface area contributed by atoms with Crippen LogP contribution in [0.25, 0.3) is 0 Å². The highest BCUT2D eigenvalue weighted by Crippen LogP contribution is 2.58. The fourth-order valence-electron chi connectivity index (χ4n) is 4.32. The first-order chi connectivity index (χ1) is 9.44. The Bertz CT molecular complexity index is 405. The first kappa shape index (κ1) is 14.3. The van der Waals surface area contributed by atoms with Crippen LogP contribution in [0, 0.1) is 11.3 Å². The third kappa shape index (κ3) is 1.77. The normalized spacial score (nSPS) is 38.8. The summed E-state index contributed by atoms with van der Waals surface area (Å²) >= 11 is 0. The van der Waals surface area contributed by atoms with Crippen LogP contribution < -0.4 is 5.73 Å². The molecule has 3 fully saturated rings. The lowest BCUT2D eigenvalue weighted by Crippen LogP contribution is -2.82. The molecule has 0 bridgehead atoms. The molecule has 3 atom stereocenters. The van der Waals surface area contributed by atoms with Crippen LogP contribution in [0.3, 0.4) is 0 Å². The third-order valence-electron chi connectivity index (χ3n) is 5.75. The summed E-state index contributed by atoms with van der Waals surface area (Å²) in [6, 6.07) is 0.447. The Morgan fingerprint density at radius 3 is 2.65 bits per heavy atom. The number of amides is 1. The number of carbonyl (C=O) groups is 1. The molecule has 1 heterocycles. The second-order valence-electron chi connectivity index (χ2n) is 7.36. The SMILES string of the molecule is CCCN(C(=O)C1(N)C2CCCOC2C1(C)C)C1CC1. The smallest absolute Gasteiger partial charge is 0.243 e. The number of carbonyl (C=O) groups excluding carboxylic acids is 1. The average Bonchev–Trinajstić information content (AvgIpc) is 3.27. The van der Waals surface area contributed by atoms with Crippen molar-refractivity contribution >= 4 is 5.91 Å². The van der Waals surface area contributed by atoms with E-state index in [9.17, 15) is 4.79 Å². The summed E-state index contributed by atoms with van der Waals surface area (Å²) in [5, 5.41) is 0. The maximum absolute atomic E-state index is 13.1. The molecule has 20 heavy (non-hydrogen) atoms. The molecular weight excluding hydrogens is 252 g/mol. The van der Waals surface area contributed by atoms with Crippen LogP contribution >= 0.6 is 0 Å². The van der Waals surface area contributed by atoms with Crippen molar-refractivity contribution in [3.05, 3.63) is 0 Å². The molecule has 3 aliphatic rings. The van der Waals surface area contributed by atoms with E-state index >= 15 is 0 Å². The van der Waals surface area contributed by atoms with E-state index in [1.807, 2.05) is 0 Å². The third-order valence-corrected chi connectivity index (χ3v) is 5.75. The van der Waals surface area contributed by atoms with E-state index in [1.165, 1.54) is 0 Å². The fourth-order valence-corrected chi connectivity index (χ4v) is 4.32. The first-order valence-corrected chi connectivity index (χ1v) is 8.16. The van der Waals surface area contributed by atoms with Gasteiger partial charge in [0.05, 0.1) is 6.10 Å². The van der Waals surface area contributed by atoms with E-state index in [1.54, 1.807) is 0 Å². The van der Waals surface area contributed by atoms with Crippen molar-refractivity contribution in [3.63, 3.8) is 0 Å². The predicted octanol–water partition coefficient (Wildman–Crippen LogP) is 1.92. The van der Waals surface area contributed by atoms with Crippen LogP contribution in [-0.4, -0.2) is 41.6 Å². The maximum atomic E-state index is 13.1. The van der Waals surface area contributed by atoms with Gasteiger partial charge in [0, 0.05) is 30.5 Å². The molecule has 0 aromatic rings. The number of nitrogens with zero attached hydrogens (tertiary/aromatic N) is 1. The molecule has 2 N–H and O–H groups in total. The molecule has 2 saturated carbocycles. The van der Waals surface area contributed by atoms with Crippen molar-refractivity contribution in [2.24, 2.45) is 17.1 Å². The minimum absolute atomic E-state index is 0.160. The Balaban J connectivity index is 1.84. The standard InChI is InChI=1S/C16H28N2O2/c1-4-9-18(11-7-8-11)14(19)16(17)12-6-5-10-20-13(12)15(16,2)3/h11-13H,4-10,17H2,1-3H3. The maximum Gasteiger partial charge on any atom is 0.243 e. The zero-order valence-corrected chi connectivity index (χ0v) is 13.0. The van der Waals surface area contributed by atoms with Gasteiger partial charge in [-0.25, -0.2) is 0 Å². The number of fused-ring (bicyclic) bond motifs is 1. The van der Waals surface area contributed by atoms with Gasteiger partial charge in [0.15, 0.2) is 0 Å². The van der Waals surface area contributed by atoms with Crippen LogP contribution in [0.15, 0.2) is 0 Å². The van der Waals surface area contributed by atoms with Crippen LogP contribution in [0.2, 0.25) is 0 Å². The Morgan fingerprint density at radius 2 is 2.05 bits per heavy atom. The minimum Gasteiger partial charge on any atom is -0.377 e. The summed E-state index contributed by atoms with van der Waals surface area (Å²) in [5.41, 5.74) is 5.72. The van der Waals surface area contributed by atoms with Gasteiger partial charge in [-0.3, -0.25) is 4.79 Å². The lowest BCUT2D eigenvalue weighted by Gasteiger charge is -2.65. The second-order valence-corrected chi connectivity index (χ2v) is 7.36. The molecule has 2 aliphatic carbocycles. The molecule has 0 aromatic heterocycles. The first-order valence-electron chi connectivity index (χ1n) is 8.16. The molecule has 4 heteroatoms. The molecule has 1 aliphatic heterocycles. The molecular formula is C16H28N2O2. The van der Waals surface area contributed by atoms with E-state index in [2.05, 4.69) is 25.7 Å². The van der Waals surface area contributed by atoms with Gasteiger partial charge in [0.2, 0.25) is 5.91 Å². The summed E-state index contributed by atoms with van der Waals surface area (Å²) in [6.07, 6.45) is 5.51. The van der Waals surface area contributed by atoms with Crippen LogP contribution in [0.5, 0.6) is 0 Å². The lowest BCUT2D eigenvalue weighted by molar-refractivity contribution is -0.230. The van der Waals surface area contributed by atoms with Crippen LogP contribution in [-0.2, 0) is 9.53 Å². The summed E-state index contributed by atoms with van der Waals surface area (Å²) in [6.45, 7) is 8.00. The number of hydrogen-bond acceptors (Lipinski definition) is 3. The van der Waals surface area contributed by atoms with Gasteiger partial charge in [0.25, 0.3) is 0 Å². The molecule has 0 spiro atoms. The number of ether oxygens (including phenoxy) is 1. The van der Waals surface area contributed by atoms with Gasteiger partial charge < -0.3 is 15.4 Å². The lowest BCUT2D eigenvalue weighted by atomic mass is 9.46. The monoisotopic (exact) mass is 280 g/mol. The molecule has 114 valence electrons. The summed E-state index contributed by atoms with van der Waals surface area (Å²) in [5.74, 6) is 0.385. The van der Waals surface area contributed by atoms with Crippen LogP contribution in [0.4, 0.5) is 0 Å². The van der Waals surface area contributed by atoms with Crippen molar-refractivity contribution in [1.82, 2.24) is 4.90 Å². The predicted molar refractivity (Wildman–Crippen MR) is 78.2 cm³/mol. The average molecular weight is 280 g/mol.